The highest BCUT2D eigenvalue weighted by atomic mass is 79.9. The first-order valence-electron chi connectivity index (χ1n) is 7.77. The van der Waals surface area contributed by atoms with Crippen molar-refractivity contribution in [3.8, 4) is 23.0 Å². The van der Waals surface area contributed by atoms with Gasteiger partial charge in [-0.15, -0.1) is 0 Å². The third kappa shape index (κ3) is 3.42. The van der Waals surface area contributed by atoms with Crippen LogP contribution in [0.3, 0.4) is 0 Å². The Balaban J connectivity index is 1.85. The monoisotopic (exact) mass is 389 g/mol. The molecular weight excluding hydrogens is 370 g/mol. The molecule has 0 atom stereocenters. The van der Waals surface area contributed by atoms with Gasteiger partial charge in [0.1, 0.15) is 0 Å². The summed E-state index contributed by atoms with van der Waals surface area (Å²) in [5, 5.41) is 11.4. The van der Waals surface area contributed by atoms with Crippen LogP contribution in [0.2, 0.25) is 0 Å². The molecule has 0 saturated carbocycles. The number of nitrogens with one attached hydrogen (secondary N) is 1. The van der Waals surface area contributed by atoms with Crippen LogP contribution in [-0.4, -0.2) is 39.3 Å². The number of halogens is 1. The van der Waals surface area contributed by atoms with Gasteiger partial charge in [-0.05, 0) is 41.5 Å². The molecule has 0 aliphatic carbocycles. The number of hydrogen-bond acceptors (Lipinski definition) is 5. The largest absolute Gasteiger partial charge is 0.332 e. The van der Waals surface area contributed by atoms with E-state index in [9.17, 15) is 0 Å². The minimum atomic E-state index is 0.326. The van der Waals surface area contributed by atoms with E-state index in [4.69, 9.17) is 4.52 Å². The summed E-state index contributed by atoms with van der Waals surface area (Å²) in [6, 6.07) is 8.17. The smallest absolute Gasteiger partial charge is 0.279 e. The van der Waals surface area contributed by atoms with Crippen LogP contribution in [0.1, 0.15) is 31.0 Å². The Hall–Kier alpha value is -1.99. The van der Waals surface area contributed by atoms with Gasteiger partial charge in [0.25, 0.3) is 5.89 Å². The first kappa shape index (κ1) is 16.9. The van der Waals surface area contributed by atoms with Crippen molar-refractivity contribution in [1.82, 2.24) is 25.2 Å². The molecule has 0 amide bonds. The van der Waals surface area contributed by atoms with E-state index in [0.29, 0.717) is 23.3 Å². The fourth-order valence-corrected chi connectivity index (χ4v) is 3.23. The first-order chi connectivity index (χ1) is 11.5. The lowest BCUT2D eigenvalue weighted by atomic mass is 10.1. The van der Waals surface area contributed by atoms with Gasteiger partial charge < -0.3 is 9.42 Å². The van der Waals surface area contributed by atoms with E-state index in [-0.39, 0.29) is 0 Å². The minimum absolute atomic E-state index is 0.326. The normalized spacial score (nSPS) is 11.6. The Morgan fingerprint density at radius 1 is 1.21 bits per heavy atom. The molecule has 0 aliphatic rings. The molecule has 2 aromatic heterocycles. The topological polar surface area (TPSA) is 70.8 Å². The van der Waals surface area contributed by atoms with Crippen LogP contribution in [0.15, 0.2) is 33.3 Å². The molecule has 0 spiro atoms. The highest BCUT2D eigenvalue weighted by molar-refractivity contribution is 9.10. The van der Waals surface area contributed by atoms with Crippen LogP contribution in [0.4, 0.5) is 0 Å². The molecule has 0 radical (unpaired) electrons. The van der Waals surface area contributed by atoms with E-state index in [1.807, 2.05) is 26.2 Å². The molecule has 0 aliphatic heterocycles. The number of aromatic nitrogens is 4. The van der Waals surface area contributed by atoms with Crippen LogP contribution in [0, 0.1) is 0 Å². The maximum Gasteiger partial charge on any atom is 0.279 e. The van der Waals surface area contributed by atoms with Crippen molar-refractivity contribution < 1.29 is 4.52 Å². The highest BCUT2D eigenvalue weighted by Crippen LogP contribution is 2.32. The molecule has 7 heteroatoms. The van der Waals surface area contributed by atoms with Crippen LogP contribution in [0.25, 0.3) is 23.0 Å². The van der Waals surface area contributed by atoms with Crippen molar-refractivity contribution in [3.05, 3.63) is 40.0 Å². The third-order valence-electron chi connectivity index (χ3n) is 3.65. The Bertz CT molecular complexity index is 820. The molecule has 3 rings (SSSR count). The number of aromatic amines is 1. The molecule has 0 unspecified atom stereocenters. The summed E-state index contributed by atoms with van der Waals surface area (Å²) in [6.07, 6.45) is 0. The second-order valence-corrected chi connectivity index (χ2v) is 7.11. The SMILES string of the molecule is CC(C)c1[nH]nc(-c2nc(-c3ccc(CN(C)C)cc3)no2)c1Br. The number of hydrogen-bond donors (Lipinski definition) is 1. The van der Waals surface area contributed by atoms with Crippen molar-refractivity contribution >= 4 is 15.9 Å². The third-order valence-corrected chi connectivity index (χ3v) is 4.45. The van der Waals surface area contributed by atoms with E-state index in [2.05, 4.69) is 67.1 Å². The van der Waals surface area contributed by atoms with Crippen LogP contribution in [-0.2, 0) is 6.54 Å². The lowest BCUT2D eigenvalue weighted by Gasteiger charge is -2.09. The van der Waals surface area contributed by atoms with Gasteiger partial charge in [0, 0.05) is 12.1 Å². The standard InChI is InChI=1S/C17H20BrN5O/c1-10(2)14-13(18)15(21-20-14)17-19-16(22-24-17)12-7-5-11(6-8-12)9-23(3)4/h5-8,10H,9H2,1-4H3,(H,20,21). The zero-order valence-corrected chi connectivity index (χ0v) is 15.8. The van der Waals surface area contributed by atoms with Crippen molar-refractivity contribution in [2.75, 3.05) is 14.1 Å². The lowest BCUT2D eigenvalue weighted by Crippen LogP contribution is -2.10. The first-order valence-corrected chi connectivity index (χ1v) is 8.57. The molecular formula is C17H20BrN5O. The van der Waals surface area contributed by atoms with Crippen molar-refractivity contribution in [1.29, 1.82) is 0 Å². The van der Waals surface area contributed by atoms with Gasteiger partial charge in [-0.2, -0.15) is 10.1 Å². The highest BCUT2D eigenvalue weighted by Gasteiger charge is 2.20. The van der Waals surface area contributed by atoms with Gasteiger partial charge in [-0.3, -0.25) is 5.10 Å². The molecule has 3 aromatic rings. The van der Waals surface area contributed by atoms with Crippen LogP contribution < -0.4 is 0 Å². The predicted octanol–water partition coefficient (Wildman–Crippen LogP) is 4.07. The van der Waals surface area contributed by atoms with Gasteiger partial charge >= 0.3 is 0 Å². The number of nitrogens with zero attached hydrogens (tertiary/aromatic N) is 4. The maximum absolute atomic E-state index is 5.39. The predicted molar refractivity (Wildman–Crippen MR) is 96.5 cm³/mol. The molecule has 1 aromatic carbocycles. The van der Waals surface area contributed by atoms with E-state index < -0.39 is 0 Å². The molecule has 126 valence electrons. The Morgan fingerprint density at radius 2 is 1.92 bits per heavy atom. The van der Waals surface area contributed by atoms with Crippen molar-refractivity contribution in [2.24, 2.45) is 0 Å². The molecule has 1 N–H and O–H groups in total. The molecule has 0 fully saturated rings. The second kappa shape index (κ2) is 6.86. The number of rotatable bonds is 5. The molecule has 2 heterocycles. The fraction of sp³-hybridized carbons (Fsp3) is 0.353. The Kier molecular flexibility index (Phi) is 4.82. The van der Waals surface area contributed by atoms with Crippen molar-refractivity contribution in [2.45, 2.75) is 26.3 Å². The summed E-state index contributed by atoms with van der Waals surface area (Å²) in [5.41, 5.74) is 3.81. The average Bonchev–Trinajstić information content (AvgIpc) is 3.14. The van der Waals surface area contributed by atoms with Gasteiger partial charge in [0.05, 0.1) is 10.2 Å². The number of benzene rings is 1. The maximum atomic E-state index is 5.39. The quantitative estimate of drug-likeness (QED) is 0.711. The van der Waals surface area contributed by atoms with Gasteiger partial charge in [-0.1, -0.05) is 43.3 Å². The average molecular weight is 390 g/mol. The van der Waals surface area contributed by atoms with Gasteiger partial charge in [0.2, 0.25) is 5.82 Å². The molecule has 6 nitrogen and oxygen atoms in total. The van der Waals surface area contributed by atoms with Crippen LogP contribution >= 0.6 is 15.9 Å². The zero-order valence-electron chi connectivity index (χ0n) is 14.2. The van der Waals surface area contributed by atoms with E-state index in [0.717, 1.165) is 22.3 Å². The Morgan fingerprint density at radius 3 is 2.50 bits per heavy atom. The van der Waals surface area contributed by atoms with E-state index >= 15 is 0 Å². The van der Waals surface area contributed by atoms with Gasteiger partial charge in [-0.25, -0.2) is 0 Å². The summed E-state index contributed by atoms with van der Waals surface area (Å²) < 4.78 is 6.26. The van der Waals surface area contributed by atoms with Crippen LogP contribution in [0.5, 0.6) is 0 Å². The van der Waals surface area contributed by atoms with E-state index in [1.54, 1.807) is 0 Å². The molecule has 0 bridgehead atoms. The molecule has 24 heavy (non-hydrogen) atoms. The number of H-pyrrole nitrogens is 1. The minimum Gasteiger partial charge on any atom is -0.332 e. The van der Waals surface area contributed by atoms with Gasteiger partial charge in [0.15, 0.2) is 5.69 Å². The summed E-state index contributed by atoms with van der Waals surface area (Å²) in [5.74, 6) is 1.28. The summed E-state index contributed by atoms with van der Waals surface area (Å²) in [6.45, 7) is 5.09. The zero-order chi connectivity index (χ0) is 17.3. The van der Waals surface area contributed by atoms with E-state index in [1.165, 1.54) is 5.56 Å². The summed E-state index contributed by atoms with van der Waals surface area (Å²) >= 11 is 3.56. The molecule has 0 saturated heterocycles. The lowest BCUT2D eigenvalue weighted by molar-refractivity contribution is 0.402. The van der Waals surface area contributed by atoms with Crippen molar-refractivity contribution in [3.63, 3.8) is 0 Å². The summed E-state index contributed by atoms with van der Waals surface area (Å²) in [4.78, 5) is 6.60. The Labute approximate surface area is 149 Å². The second-order valence-electron chi connectivity index (χ2n) is 6.31. The fourth-order valence-electron chi connectivity index (χ4n) is 2.43. The summed E-state index contributed by atoms with van der Waals surface area (Å²) in [7, 11) is 4.10.